The highest BCUT2D eigenvalue weighted by atomic mass is 15.1. The average Bonchev–Trinajstić information content (AvgIpc) is 2.76. The van der Waals surface area contributed by atoms with E-state index >= 15 is 0 Å². The van der Waals surface area contributed by atoms with E-state index in [2.05, 4.69) is 42.2 Å². The van der Waals surface area contributed by atoms with Crippen molar-refractivity contribution in [3.8, 4) is 0 Å². The van der Waals surface area contributed by atoms with Crippen LogP contribution in [0.1, 0.15) is 25.3 Å². The lowest BCUT2D eigenvalue weighted by Crippen LogP contribution is -2.23. The summed E-state index contributed by atoms with van der Waals surface area (Å²) >= 11 is 0. The molecule has 82 valence electrons. The highest BCUT2D eigenvalue weighted by Crippen LogP contribution is 2.19. The van der Waals surface area contributed by atoms with E-state index in [1.54, 1.807) is 0 Å². The molecule has 0 bridgehead atoms. The average molecular weight is 203 g/mol. The lowest BCUT2D eigenvalue weighted by molar-refractivity contribution is 0.327. The van der Waals surface area contributed by atoms with Crippen LogP contribution in [0.25, 0.3) is 0 Å². The van der Waals surface area contributed by atoms with Crippen LogP contribution in [0.4, 0.5) is 0 Å². The quantitative estimate of drug-likeness (QED) is 0.727. The first kappa shape index (κ1) is 10.7. The third-order valence-electron chi connectivity index (χ3n) is 3.51. The Labute approximate surface area is 93.1 Å². The van der Waals surface area contributed by atoms with Gasteiger partial charge in [0.1, 0.15) is 0 Å². The van der Waals surface area contributed by atoms with Gasteiger partial charge in [0.25, 0.3) is 0 Å². The number of hydrogen-bond acceptors (Lipinski definition) is 1. The third kappa shape index (κ3) is 3.07. The van der Waals surface area contributed by atoms with E-state index < -0.39 is 0 Å². The summed E-state index contributed by atoms with van der Waals surface area (Å²) in [6, 6.07) is 10.8. The predicted molar refractivity (Wildman–Crippen MR) is 65.0 cm³/mol. The predicted octanol–water partition coefficient (Wildman–Crippen LogP) is 2.96. The van der Waals surface area contributed by atoms with Crippen molar-refractivity contribution in [1.82, 2.24) is 4.90 Å². The van der Waals surface area contributed by atoms with Crippen LogP contribution in [0.2, 0.25) is 0 Å². The second-order valence-electron chi connectivity index (χ2n) is 4.60. The first-order valence-electron chi connectivity index (χ1n) is 6.14. The molecule has 0 unspecified atom stereocenters. The van der Waals surface area contributed by atoms with Crippen molar-refractivity contribution in [3.05, 3.63) is 35.9 Å². The molecule has 0 amide bonds. The van der Waals surface area contributed by atoms with E-state index in [0.717, 1.165) is 5.92 Å². The molecule has 0 radical (unpaired) electrons. The van der Waals surface area contributed by atoms with Gasteiger partial charge in [-0.3, -0.25) is 0 Å². The van der Waals surface area contributed by atoms with Gasteiger partial charge in [-0.1, -0.05) is 43.7 Å². The molecular weight excluding hydrogens is 182 g/mol. The highest BCUT2D eigenvalue weighted by molar-refractivity contribution is 5.14. The van der Waals surface area contributed by atoms with E-state index in [0.29, 0.717) is 0 Å². The van der Waals surface area contributed by atoms with Crippen molar-refractivity contribution in [2.45, 2.75) is 26.2 Å². The fourth-order valence-corrected chi connectivity index (χ4v) is 2.38. The Morgan fingerprint density at radius 3 is 2.73 bits per heavy atom. The van der Waals surface area contributed by atoms with E-state index in [-0.39, 0.29) is 0 Å². The van der Waals surface area contributed by atoms with Crippen molar-refractivity contribution < 1.29 is 0 Å². The number of likely N-dealkylation sites (tertiary alicyclic amines) is 1. The molecule has 0 N–H and O–H groups in total. The summed E-state index contributed by atoms with van der Waals surface area (Å²) in [7, 11) is 0. The lowest BCUT2D eigenvalue weighted by Gasteiger charge is -2.15. The summed E-state index contributed by atoms with van der Waals surface area (Å²) in [5.74, 6) is 0.959. The van der Waals surface area contributed by atoms with E-state index in [9.17, 15) is 0 Å². The molecule has 1 aliphatic heterocycles. The van der Waals surface area contributed by atoms with Gasteiger partial charge in [-0.25, -0.2) is 0 Å². The molecule has 0 saturated carbocycles. The Hall–Kier alpha value is -0.820. The van der Waals surface area contributed by atoms with Gasteiger partial charge in [0.15, 0.2) is 0 Å². The van der Waals surface area contributed by atoms with Crippen LogP contribution in [-0.2, 0) is 6.42 Å². The van der Waals surface area contributed by atoms with Crippen LogP contribution >= 0.6 is 0 Å². The molecule has 1 saturated heterocycles. The van der Waals surface area contributed by atoms with Gasteiger partial charge in [-0.15, -0.1) is 0 Å². The van der Waals surface area contributed by atoms with Gasteiger partial charge in [0.2, 0.25) is 0 Å². The minimum absolute atomic E-state index is 0.959. The summed E-state index contributed by atoms with van der Waals surface area (Å²) in [4.78, 5) is 2.61. The molecule has 1 fully saturated rings. The molecule has 1 aromatic rings. The van der Waals surface area contributed by atoms with E-state index in [1.165, 1.54) is 44.5 Å². The summed E-state index contributed by atoms with van der Waals surface area (Å²) in [5, 5.41) is 0. The topological polar surface area (TPSA) is 3.24 Å². The second kappa shape index (κ2) is 5.32. The minimum atomic E-state index is 0.959. The van der Waals surface area contributed by atoms with Crippen LogP contribution in [0, 0.1) is 5.92 Å². The zero-order chi connectivity index (χ0) is 10.5. The van der Waals surface area contributed by atoms with Crippen molar-refractivity contribution in [2.24, 2.45) is 5.92 Å². The highest BCUT2D eigenvalue weighted by Gasteiger charge is 2.19. The van der Waals surface area contributed by atoms with Crippen LogP contribution < -0.4 is 0 Å². The van der Waals surface area contributed by atoms with Gasteiger partial charge in [0.05, 0.1) is 0 Å². The number of hydrogen-bond donors (Lipinski definition) is 0. The van der Waals surface area contributed by atoms with Crippen molar-refractivity contribution >= 4 is 0 Å². The van der Waals surface area contributed by atoms with Gasteiger partial charge < -0.3 is 4.90 Å². The van der Waals surface area contributed by atoms with Crippen LogP contribution in [0.3, 0.4) is 0 Å². The molecule has 0 aliphatic carbocycles. The molecule has 1 aromatic carbocycles. The molecule has 15 heavy (non-hydrogen) atoms. The first-order chi connectivity index (χ1) is 7.38. The summed E-state index contributed by atoms with van der Waals surface area (Å²) in [6.07, 6.45) is 3.96. The Balaban J connectivity index is 1.75. The SMILES string of the molecule is CC[C@@H]1CCN(CCc2ccccc2)C1. The molecule has 1 heteroatoms. The fraction of sp³-hybridized carbons (Fsp3) is 0.571. The minimum Gasteiger partial charge on any atom is -0.303 e. The number of benzene rings is 1. The maximum atomic E-state index is 2.61. The van der Waals surface area contributed by atoms with E-state index in [4.69, 9.17) is 0 Å². The molecule has 0 spiro atoms. The number of rotatable bonds is 4. The van der Waals surface area contributed by atoms with Crippen molar-refractivity contribution in [1.29, 1.82) is 0 Å². The summed E-state index contributed by atoms with van der Waals surface area (Å²) in [6.45, 7) is 6.18. The fourth-order valence-electron chi connectivity index (χ4n) is 2.38. The van der Waals surface area contributed by atoms with Crippen LogP contribution in [0.15, 0.2) is 30.3 Å². The molecular formula is C14H21N. The van der Waals surface area contributed by atoms with Gasteiger partial charge in [0, 0.05) is 13.1 Å². The summed E-state index contributed by atoms with van der Waals surface area (Å²) < 4.78 is 0. The van der Waals surface area contributed by atoms with Crippen LogP contribution in [-0.4, -0.2) is 24.5 Å². The van der Waals surface area contributed by atoms with Crippen LogP contribution in [0.5, 0.6) is 0 Å². The Morgan fingerprint density at radius 2 is 2.07 bits per heavy atom. The zero-order valence-electron chi connectivity index (χ0n) is 9.65. The summed E-state index contributed by atoms with van der Waals surface area (Å²) in [5.41, 5.74) is 1.47. The van der Waals surface area contributed by atoms with Gasteiger partial charge in [-0.2, -0.15) is 0 Å². The van der Waals surface area contributed by atoms with Crippen molar-refractivity contribution in [3.63, 3.8) is 0 Å². The van der Waals surface area contributed by atoms with E-state index in [1.807, 2.05) is 0 Å². The normalized spacial score (nSPS) is 22.1. The Morgan fingerprint density at radius 1 is 1.27 bits per heavy atom. The maximum Gasteiger partial charge on any atom is 0.00219 e. The standard InChI is InChI=1S/C14H21N/c1-2-13-8-10-15(12-13)11-9-14-6-4-3-5-7-14/h3-7,13H,2,8-12H2,1H3/t13-/m1/s1. The zero-order valence-corrected chi connectivity index (χ0v) is 9.65. The lowest BCUT2D eigenvalue weighted by atomic mass is 10.1. The maximum absolute atomic E-state index is 2.61. The third-order valence-corrected chi connectivity index (χ3v) is 3.51. The largest absolute Gasteiger partial charge is 0.303 e. The Bertz CT molecular complexity index is 281. The Kier molecular flexibility index (Phi) is 3.79. The molecule has 1 heterocycles. The second-order valence-corrected chi connectivity index (χ2v) is 4.60. The smallest absolute Gasteiger partial charge is 0.00219 e. The first-order valence-corrected chi connectivity index (χ1v) is 6.14. The van der Waals surface area contributed by atoms with Gasteiger partial charge in [-0.05, 0) is 30.9 Å². The van der Waals surface area contributed by atoms with Crippen molar-refractivity contribution in [2.75, 3.05) is 19.6 Å². The molecule has 2 rings (SSSR count). The number of nitrogens with zero attached hydrogens (tertiary/aromatic N) is 1. The molecule has 1 aliphatic rings. The molecule has 0 aromatic heterocycles. The van der Waals surface area contributed by atoms with Gasteiger partial charge >= 0.3 is 0 Å². The molecule has 1 atom stereocenters. The monoisotopic (exact) mass is 203 g/mol. The molecule has 1 nitrogen and oxygen atoms in total.